The van der Waals surface area contributed by atoms with Crippen LogP contribution in [-0.2, 0) is 6.42 Å². The first-order valence-corrected chi connectivity index (χ1v) is 7.56. The normalized spacial score (nSPS) is 26.7. The predicted molar refractivity (Wildman–Crippen MR) is 74.0 cm³/mol. The Bertz CT molecular complexity index is 507. The molecule has 1 N–H and O–H groups in total. The van der Waals surface area contributed by atoms with Crippen molar-refractivity contribution in [3.63, 3.8) is 0 Å². The van der Waals surface area contributed by atoms with E-state index in [1.165, 1.54) is 24.8 Å². The van der Waals surface area contributed by atoms with Crippen LogP contribution in [-0.4, -0.2) is 18.4 Å². The minimum absolute atomic E-state index is 0.365. The van der Waals surface area contributed by atoms with E-state index in [9.17, 15) is 0 Å². The summed E-state index contributed by atoms with van der Waals surface area (Å²) < 4.78 is 11.9. The second kappa shape index (κ2) is 4.29. The average molecular weight is 280 g/mol. The fourth-order valence-corrected chi connectivity index (χ4v) is 3.41. The van der Waals surface area contributed by atoms with Gasteiger partial charge in [0.05, 0.1) is 0 Å². The van der Waals surface area contributed by atoms with E-state index in [0.29, 0.717) is 6.04 Å². The molecule has 1 atom stereocenters. The molecule has 1 unspecified atom stereocenters. The fourth-order valence-electron chi connectivity index (χ4n) is 3.18. The zero-order valence-corrected chi connectivity index (χ0v) is 11.6. The zero-order chi connectivity index (χ0) is 12.9. The second-order valence-corrected chi connectivity index (χ2v) is 6.26. The van der Waals surface area contributed by atoms with Crippen LogP contribution in [0.4, 0.5) is 0 Å². The Morgan fingerprint density at radius 3 is 2.63 bits per heavy atom. The fraction of sp³-hybridized carbons (Fsp3) is 0.600. The third-order valence-electron chi connectivity index (χ3n) is 4.45. The van der Waals surface area contributed by atoms with Crippen molar-refractivity contribution < 1.29 is 9.47 Å². The zero-order valence-electron chi connectivity index (χ0n) is 10.9. The third kappa shape index (κ3) is 2.00. The van der Waals surface area contributed by atoms with Gasteiger partial charge in [-0.2, -0.15) is 0 Å². The molecule has 0 bridgehead atoms. The Morgan fingerprint density at radius 2 is 2.00 bits per heavy atom. The maximum Gasteiger partial charge on any atom is 0.251 e. The van der Waals surface area contributed by atoms with Gasteiger partial charge in [0.1, 0.15) is 0 Å². The molecule has 1 spiro atoms. The van der Waals surface area contributed by atoms with Crippen LogP contribution in [0.5, 0.6) is 11.5 Å². The Hall–Kier alpha value is -0.930. The van der Waals surface area contributed by atoms with Gasteiger partial charge >= 0.3 is 0 Å². The average Bonchev–Trinajstić information content (AvgIpc) is 2.95. The molecule has 1 aromatic carbocycles. The van der Waals surface area contributed by atoms with Crippen LogP contribution in [0.1, 0.15) is 37.7 Å². The molecule has 102 valence electrons. The molecule has 1 saturated heterocycles. The number of halogens is 1. The van der Waals surface area contributed by atoms with Crippen molar-refractivity contribution in [2.75, 3.05) is 6.54 Å². The van der Waals surface area contributed by atoms with Gasteiger partial charge in [-0.1, -0.05) is 11.6 Å². The van der Waals surface area contributed by atoms with Crippen molar-refractivity contribution in [2.24, 2.45) is 0 Å². The molecule has 1 aliphatic carbocycles. The smallest absolute Gasteiger partial charge is 0.251 e. The number of benzene rings is 1. The summed E-state index contributed by atoms with van der Waals surface area (Å²) in [5, 5.41) is 4.31. The van der Waals surface area contributed by atoms with Gasteiger partial charge in [-0.25, -0.2) is 0 Å². The van der Waals surface area contributed by atoms with Gasteiger partial charge in [0, 0.05) is 30.0 Å². The topological polar surface area (TPSA) is 30.5 Å². The summed E-state index contributed by atoms with van der Waals surface area (Å²) in [4.78, 5) is 0. The first-order chi connectivity index (χ1) is 9.24. The van der Waals surface area contributed by atoms with Crippen LogP contribution < -0.4 is 14.8 Å². The molecule has 2 fully saturated rings. The Morgan fingerprint density at radius 1 is 1.21 bits per heavy atom. The first kappa shape index (κ1) is 11.9. The summed E-state index contributed by atoms with van der Waals surface area (Å²) >= 11 is 6.38. The minimum atomic E-state index is -0.365. The lowest BCUT2D eigenvalue weighted by molar-refractivity contribution is -0.138. The van der Waals surface area contributed by atoms with Crippen molar-refractivity contribution in [1.29, 1.82) is 0 Å². The van der Waals surface area contributed by atoms with E-state index < -0.39 is 0 Å². The van der Waals surface area contributed by atoms with E-state index in [1.54, 1.807) is 0 Å². The summed E-state index contributed by atoms with van der Waals surface area (Å²) in [6.45, 7) is 1.12. The lowest BCUT2D eigenvalue weighted by Gasteiger charge is -2.35. The van der Waals surface area contributed by atoms with Crippen molar-refractivity contribution >= 4 is 11.6 Å². The van der Waals surface area contributed by atoms with Gasteiger partial charge in [0.15, 0.2) is 11.5 Å². The molecular weight excluding hydrogens is 262 g/mol. The first-order valence-electron chi connectivity index (χ1n) is 7.18. The minimum Gasteiger partial charge on any atom is -0.448 e. The van der Waals surface area contributed by atoms with Crippen LogP contribution in [0, 0.1) is 0 Å². The van der Waals surface area contributed by atoms with Crippen LogP contribution in [0.3, 0.4) is 0 Å². The molecule has 2 aliphatic heterocycles. The maximum absolute atomic E-state index is 6.38. The van der Waals surface area contributed by atoms with Crippen LogP contribution in [0.25, 0.3) is 0 Å². The lowest BCUT2D eigenvalue weighted by atomic mass is 9.91. The van der Waals surface area contributed by atoms with Crippen molar-refractivity contribution in [3.05, 3.63) is 22.7 Å². The molecule has 4 heteroatoms. The number of hydrogen-bond donors (Lipinski definition) is 1. The van der Waals surface area contributed by atoms with Gasteiger partial charge in [-0.05, 0) is 43.9 Å². The molecular formula is C15H18ClNO2. The molecule has 1 saturated carbocycles. The van der Waals surface area contributed by atoms with Crippen LogP contribution >= 0.6 is 11.6 Å². The lowest BCUT2D eigenvalue weighted by Crippen LogP contribution is -2.45. The monoisotopic (exact) mass is 279 g/mol. The van der Waals surface area contributed by atoms with Crippen LogP contribution in [0.15, 0.2) is 12.1 Å². The van der Waals surface area contributed by atoms with E-state index in [2.05, 4.69) is 11.4 Å². The predicted octanol–water partition coefficient (Wildman–Crippen LogP) is 3.29. The standard InChI is InChI=1S/C15H18ClNO2/c16-12-9-14-13(18-15(19-14)4-2-5-15)8-10(12)7-11-3-1-6-17-11/h8-9,11,17H,1-7H2. The molecule has 3 nitrogen and oxygen atoms in total. The van der Waals surface area contributed by atoms with Gasteiger partial charge in [-0.3, -0.25) is 0 Å². The summed E-state index contributed by atoms with van der Waals surface area (Å²) in [6, 6.07) is 4.55. The molecule has 2 heterocycles. The van der Waals surface area contributed by atoms with E-state index >= 15 is 0 Å². The molecule has 19 heavy (non-hydrogen) atoms. The summed E-state index contributed by atoms with van der Waals surface area (Å²) in [6.07, 6.45) is 6.62. The Labute approximate surface area is 118 Å². The highest BCUT2D eigenvalue weighted by Crippen LogP contribution is 2.49. The molecule has 1 aromatic rings. The number of fused-ring (bicyclic) bond motifs is 1. The summed E-state index contributed by atoms with van der Waals surface area (Å²) in [5.41, 5.74) is 1.17. The van der Waals surface area contributed by atoms with E-state index in [4.69, 9.17) is 21.1 Å². The number of hydrogen-bond acceptors (Lipinski definition) is 3. The number of ether oxygens (including phenoxy) is 2. The molecule has 0 radical (unpaired) electrons. The van der Waals surface area contributed by atoms with Crippen molar-refractivity contribution in [1.82, 2.24) is 5.32 Å². The molecule has 0 amide bonds. The van der Waals surface area contributed by atoms with Gasteiger partial charge in [0.25, 0.3) is 5.79 Å². The van der Waals surface area contributed by atoms with Gasteiger partial charge in [-0.15, -0.1) is 0 Å². The van der Waals surface area contributed by atoms with E-state index in [0.717, 1.165) is 42.3 Å². The van der Waals surface area contributed by atoms with Gasteiger partial charge in [0.2, 0.25) is 0 Å². The van der Waals surface area contributed by atoms with Crippen molar-refractivity contribution in [3.8, 4) is 11.5 Å². The number of rotatable bonds is 2. The summed E-state index contributed by atoms with van der Waals surface area (Å²) in [5.74, 6) is 1.32. The highest BCUT2D eigenvalue weighted by molar-refractivity contribution is 6.31. The van der Waals surface area contributed by atoms with E-state index in [1.807, 2.05) is 6.07 Å². The Balaban J connectivity index is 1.58. The second-order valence-electron chi connectivity index (χ2n) is 5.86. The summed E-state index contributed by atoms with van der Waals surface area (Å²) in [7, 11) is 0. The third-order valence-corrected chi connectivity index (χ3v) is 4.80. The Kier molecular flexibility index (Phi) is 2.68. The molecule has 3 aliphatic rings. The van der Waals surface area contributed by atoms with Crippen molar-refractivity contribution in [2.45, 2.75) is 50.4 Å². The van der Waals surface area contributed by atoms with Crippen LogP contribution in [0.2, 0.25) is 5.02 Å². The largest absolute Gasteiger partial charge is 0.448 e. The highest BCUT2D eigenvalue weighted by Gasteiger charge is 2.47. The van der Waals surface area contributed by atoms with E-state index in [-0.39, 0.29) is 5.79 Å². The molecule has 0 aromatic heterocycles. The maximum atomic E-state index is 6.38. The highest BCUT2D eigenvalue weighted by atomic mass is 35.5. The quantitative estimate of drug-likeness (QED) is 0.901. The number of nitrogens with one attached hydrogen (secondary N) is 1. The molecule has 4 rings (SSSR count). The van der Waals surface area contributed by atoms with Gasteiger partial charge < -0.3 is 14.8 Å². The SMILES string of the molecule is Clc1cc2c(cc1CC1CCCN1)OC1(CCC1)O2.